The Bertz CT molecular complexity index is 575. The Morgan fingerprint density at radius 1 is 1.35 bits per heavy atom. The summed E-state index contributed by atoms with van der Waals surface area (Å²) in [5.74, 6) is -2.20. The maximum Gasteiger partial charge on any atom is 0.353 e. The van der Waals surface area contributed by atoms with Gasteiger partial charge in [-0.15, -0.1) is 11.8 Å². The van der Waals surface area contributed by atoms with Gasteiger partial charge in [0.1, 0.15) is 11.1 Å². The molecule has 2 aliphatic heterocycles. The summed E-state index contributed by atoms with van der Waals surface area (Å²) in [6.07, 6.45) is -0.821. The molecule has 0 saturated carbocycles. The van der Waals surface area contributed by atoms with Crippen LogP contribution in [0.3, 0.4) is 0 Å². The van der Waals surface area contributed by atoms with Gasteiger partial charge in [0.2, 0.25) is 11.8 Å². The molecule has 0 aromatic heterocycles. The summed E-state index contributed by atoms with van der Waals surface area (Å²) < 4.78 is 0. The number of likely N-dealkylation sites (N-methyl/N-ethyl adjacent to an activating group) is 2. The number of rotatable bonds is 6. The topological polar surface area (TPSA) is 101 Å². The van der Waals surface area contributed by atoms with E-state index in [-0.39, 0.29) is 36.0 Å². The van der Waals surface area contributed by atoms with E-state index in [9.17, 15) is 24.6 Å². The zero-order chi connectivity index (χ0) is 17.5. The Morgan fingerprint density at radius 2 is 1.96 bits per heavy atom. The van der Waals surface area contributed by atoms with E-state index in [1.54, 1.807) is 26.0 Å². The minimum absolute atomic E-state index is 0.0361. The first-order valence-electron chi connectivity index (χ1n) is 7.18. The molecular formula is C14H21N3O5S. The van der Waals surface area contributed by atoms with E-state index in [1.165, 1.54) is 28.5 Å². The van der Waals surface area contributed by atoms with Gasteiger partial charge < -0.3 is 15.1 Å². The SMILES string of the molecule is C[C@@H](O)[C@H]1C(=O)N2C(C(=O)O)=C(CN(C)CC(=O)N(C)C)S[C@H]12. The van der Waals surface area contributed by atoms with Gasteiger partial charge in [0.05, 0.1) is 18.6 Å². The zero-order valence-corrected chi connectivity index (χ0v) is 14.3. The van der Waals surface area contributed by atoms with Crippen molar-refractivity contribution in [2.24, 2.45) is 5.92 Å². The summed E-state index contributed by atoms with van der Waals surface area (Å²) in [6, 6.07) is 0. The van der Waals surface area contributed by atoms with E-state index in [0.717, 1.165) is 0 Å². The molecule has 3 atom stereocenters. The van der Waals surface area contributed by atoms with Gasteiger partial charge >= 0.3 is 5.97 Å². The molecule has 0 unspecified atom stereocenters. The zero-order valence-electron chi connectivity index (χ0n) is 13.5. The second kappa shape index (κ2) is 6.50. The average Bonchev–Trinajstić information content (AvgIpc) is 2.72. The normalized spacial score (nSPS) is 24.6. The van der Waals surface area contributed by atoms with Crippen molar-refractivity contribution >= 4 is 29.5 Å². The highest BCUT2D eigenvalue weighted by Crippen LogP contribution is 2.50. The number of fused-ring (bicyclic) bond motifs is 1. The number of nitrogens with zero attached hydrogens (tertiary/aromatic N) is 3. The number of aliphatic hydroxyl groups excluding tert-OH is 1. The van der Waals surface area contributed by atoms with Gasteiger partial charge in [0.25, 0.3) is 0 Å². The number of hydrogen-bond acceptors (Lipinski definition) is 6. The largest absolute Gasteiger partial charge is 0.477 e. The number of carboxylic acids is 1. The summed E-state index contributed by atoms with van der Waals surface area (Å²) in [5.41, 5.74) is -0.0361. The van der Waals surface area contributed by atoms with Crippen molar-refractivity contribution in [1.82, 2.24) is 14.7 Å². The van der Waals surface area contributed by atoms with Crippen LogP contribution in [-0.2, 0) is 14.4 Å². The van der Waals surface area contributed by atoms with Crippen LogP contribution in [0.15, 0.2) is 10.6 Å². The number of amides is 2. The molecule has 9 heteroatoms. The molecule has 0 aliphatic carbocycles. The first-order chi connectivity index (χ1) is 10.6. The summed E-state index contributed by atoms with van der Waals surface area (Å²) >= 11 is 1.28. The lowest BCUT2D eigenvalue weighted by atomic mass is 9.92. The van der Waals surface area contributed by atoms with E-state index in [0.29, 0.717) is 4.91 Å². The van der Waals surface area contributed by atoms with Crippen LogP contribution in [0.2, 0.25) is 0 Å². The van der Waals surface area contributed by atoms with Gasteiger partial charge in [0, 0.05) is 25.5 Å². The van der Waals surface area contributed by atoms with Crippen molar-refractivity contribution in [2.75, 3.05) is 34.2 Å². The third-order valence-corrected chi connectivity index (χ3v) is 5.24. The third kappa shape index (κ3) is 3.22. The molecule has 2 rings (SSSR count). The lowest BCUT2D eigenvalue weighted by molar-refractivity contribution is -0.156. The van der Waals surface area contributed by atoms with Crippen LogP contribution in [0, 0.1) is 5.92 Å². The molecule has 1 fully saturated rings. The highest BCUT2D eigenvalue weighted by Gasteiger charge is 2.57. The lowest BCUT2D eigenvalue weighted by Gasteiger charge is -2.43. The molecular weight excluding hydrogens is 322 g/mol. The van der Waals surface area contributed by atoms with Crippen LogP contribution in [-0.4, -0.2) is 88.4 Å². The number of carboxylic acid groups (broad SMARTS) is 1. The molecule has 0 bridgehead atoms. The van der Waals surface area contributed by atoms with E-state index in [4.69, 9.17) is 0 Å². The van der Waals surface area contributed by atoms with Crippen molar-refractivity contribution in [1.29, 1.82) is 0 Å². The van der Waals surface area contributed by atoms with Gasteiger partial charge in [-0.2, -0.15) is 0 Å². The monoisotopic (exact) mass is 343 g/mol. The Hall–Kier alpha value is -1.58. The Morgan fingerprint density at radius 3 is 2.43 bits per heavy atom. The van der Waals surface area contributed by atoms with Gasteiger partial charge in [-0.1, -0.05) is 0 Å². The number of β-lactam (4-membered cyclic amide) rings is 1. The predicted octanol–water partition coefficient (Wildman–Crippen LogP) is -0.785. The summed E-state index contributed by atoms with van der Waals surface area (Å²) in [5, 5.41) is 18.7. The van der Waals surface area contributed by atoms with Crippen LogP contribution >= 0.6 is 11.8 Å². The number of thioether (sulfide) groups is 1. The van der Waals surface area contributed by atoms with Crippen LogP contribution < -0.4 is 0 Å². The van der Waals surface area contributed by atoms with Crippen LogP contribution in [0.5, 0.6) is 0 Å². The first kappa shape index (κ1) is 17.8. The fraction of sp³-hybridized carbons (Fsp3) is 0.643. The molecule has 1 saturated heterocycles. The highest BCUT2D eigenvalue weighted by atomic mass is 32.2. The molecule has 23 heavy (non-hydrogen) atoms. The Kier molecular flexibility index (Phi) is 5.02. The smallest absolute Gasteiger partial charge is 0.353 e. The molecule has 0 aromatic rings. The fourth-order valence-corrected chi connectivity index (χ4v) is 4.33. The molecule has 2 N–H and O–H groups in total. The molecule has 0 spiro atoms. The minimum Gasteiger partial charge on any atom is -0.477 e. The fourth-order valence-electron chi connectivity index (χ4n) is 2.64. The van der Waals surface area contributed by atoms with Crippen LogP contribution in [0.4, 0.5) is 0 Å². The third-order valence-electron chi connectivity index (χ3n) is 3.89. The van der Waals surface area contributed by atoms with E-state index < -0.39 is 18.0 Å². The summed E-state index contributed by atoms with van der Waals surface area (Å²) in [4.78, 5) is 40.3. The lowest BCUT2D eigenvalue weighted by Crippen LogP contribution is -2.60. The summed E-state index contributed by atoms with van der Waals surface area (Å²) in [7, 11) is 5.03. The van der Waals surface area contributed by atoms with E-state index in [1.807, 2.05) is 0 Å². The second-order valence-electron chi connectivity index (χ2n) is 6.02. The Labute approximate surface area is 138 Å². The van der Waals surface area contributed by atoms with Gasteiger partial charge in [-0.25, -0.2) is 4.79 Å². The van der Waals surface area contributed by atoms with E-state index in [2.05, 4.69) is 0 Å². The van der Waals surface area contributed by atoms with Crippen molar-refractivity contribution in [3.05, 3.63) is 10.6 Å². The minimum atomic E-state index is -1.17. The Balaban J connectivity index is 2.13. The van der Waals surface area contributed by atoms with Gasteiger partial charge in [0.15, 0.2) is 0 Å². The van der Waals surface area contributed by atoms with Crippen molar-refractivity contribution in [2.45, 2.75) is 18.4 Å². The molecule has 0 aromatic carbocycles. The average molecular weight is 343 g/mol. The van der Waals surface area contributed by atoms with Gasteiger partial charge in [-0.3, -0.25) is 19.4 Å². The standard InChI is InChI=1S/C14H21N3O5S/c1-7(18)10-12(20)17-11(14(21)22)8(23-13(10)17)5-16(4)6-9(19)15(2)3/h7,10,13,18H,5-6H2,1-4H3,(H,21,22)/t7-,10+,13-/m1/s1. The number of carbonyl (C=O) groups excluding carboxylic acids is 2. The molecule has 2 amide bonds. The molecule has 2 aliphatic rings. The summed E-state index contributed by atoms with van der Waals surface area (Å²) in [6.45, 7) is 1.95. The van der Waals surface area contributed by atoms with Crippen LogP contribution in [0.1, 0.15) is 6.92 Å². The molecule has 2 heterocycles. The van der Waals surface area contributed by atoms with Crippen molar-refractivity contribution in [3.63, 3.8) is 0 Å². The van der Waals surface area contributed by atoms with Crippen molar-refractivity contribution in [3.8, 4) is 0 Å². The van der Waals surface area contributed by atoms with Crippen LogP contribution in [0.25, 0.3) is 0 Å². The number of aliphatic hydroxyl groups is 1. The van der Waals surface area contributed by atoms with E-state index >= 15 is 0 Å². The highest BCUT2D eigenvalue weighted by molar-refractivity contribution is 8.04. The molecule has 128 valence electrons. The maximum absolute atomic E-state index is 12.1. The maximum atomic E-state index is 12.1. The number of carbonyl (C=O) groups is 3. The predicted molar refractivity (Wildman–Crippen MR) is 84.2 cm³/mol. The van der Waals surface area contributed by atoms with Crippen molar-refractivity contribution < 1.29 is 24.6 Å². The molecule has 0 radical (unpaired) electrons. The second-order valence-corrected chi connectivity index (χ2v) is 7.23. The number of aliphatic carboxylic acids is 1. The number of hydrogen-bond donors (Lipinski definition) is 2. The first-order valence-corrected chi connectivity index (χ1v) is 8.06. The molecule has 8 nitrogen and oxygen atoms in total. The quantitative estimate of drug-likeness (QED) is 0.610. The van der Waals surface area contributed by atoms with Gasteiger partial charge in [-0.05, 0) is 14.0 Å².